The smallest absolute Gasteiger partial charge is 0.338 e. The minimum absolute atomic E-state index is 0.171. The molecule has 1 saturated heterocycles. The summed E-state index contributed by atoms with van der Waals surface area (Å²) in [6.45, 7) is 3.54. The summed E-state index contributed by atoms with van der Waals surface area (Å²) in [5, 5.41) is 0. The number of likely N-dealkylation sites (tertiary alicyclic amines) is 1. The molecule has 0 spiro atoms. The maximum Gasteiger partial charge on any atom is 0.338 e. The van der Waals surface area contributed by atoms with E-state index in [2.05, 4.69) is 0 Å². The van der Waals surface area contributed by atoms with Gasteiger partial charge in [0.25, 0.3) is 5.91 Å². The van der Waals surface area contributed by atoms with Gasteiger partial charge in [-0.15, -0.1) is 0 Å². The molecule has 2 aliphatic heterocycles. The zero-order valence-corrected chi connectivity index (χ0v) is 16.5. The van der Waals surface area contributed by atoms with E-state index in [1.807, 2.05) is 41.3 Å². The van der Waals surface area contributed by atoms with Gasteiger partial charge >= 0.3 is 5.97 Å². The van der Waals surface area contributed by atoms with Crippen molar-refractivity contribution in [1.82, 2.24) is 4.90 Å². The lowest BCUT2D eigenvalue weighted by atomic mass is 10.1. The van der Waals surface area contributed by atoms with Crippen molar-refractivity contribution in [2.75, 3.05) is 18.0 Å². The Hall–Kier alpha value is -3.15. The van der Waals surface area contributed by atoms with E-state index in [1.165, 1.54) is 0 Å². The van der Waals surface area contributed by atoms with Crippen LogP contribution in [-0.4, -0.2) is 41.9 Å². The van der Waals surface area contributed by atoms with Crippen LogP contribution in [0, 0.1) is 0 Å². The number of para-hydroxylation sites is 1. The van der Waals surface area contributed by atoms with Crippen molar-refractivity contribution < 1.29 is 19.1 Å². The number of fused-ring (bicyclic) bond motifs is 1. The third-order valence-corrected chi connectivity index (χ3v) is 5.52. The molecule has 6 nitrogen and oxygen atoms in total. The van der Waals surface area contributed by atoms with Gasteiger partial charge in [-0.25, -0.2) is 4.79 Å². The molecule has 0 bridgehead atoms. The molecule has 1 fully saturated rings. The average Bonchev–Trinajstić information content (AvgIpc) is 3.34. The van der Waals surface area contributed by atoms with Crippen molar-refractivity contribution in [2.45, 2.75) is 38.8 Å². The molecule has 2 aromatic rings. The molecule has 1 atom stereocenters. The third kappa shape index (κ3) is 4.01. The number of nitrogens with zero attached hydrogens (tertiary/aromatic N) is 2. The van der Waals surface area contributed by atoms with E-state index >= 15 is 0 Å². The lowest BCUT2D eigenvalue weighted by Gasteiger charge is -2.21. The monoisotopic (exact) mass is 392 g/mol. The first-order valence-corrected chi connectivity index (χ1v) is 10.00. The zero-order chi connectivity index (χ0) is 20.4. The van der Waals surface area contributed by atoms with Gasteiger partial charge in [0, 0.05) is 31.7 Å². The third-order valence-electron chi connectivity index (χ3n) is 5.52. The van der Waals surface area contributed by atoms with Gasteiger partial charge in [0.2, 0.25) is 5.91 Å². The van der Waals surface area contributed by atoms with E-state index in [9.17, 15) is 14.4 Å². The van der Waals surface area contributed by atoms with Crippen molar-refractivity contribution in [3.8, 4) is 0 Å². The Morgan fingerprint density at radius 1 is 1.03 bits per heavy atom. The van der Waals surface area contributed by atoms with E-state index in [0.717, 1.165) is 36.2 Å². The molecule has 0 aliphatic carbocycles. The highest BCUT2D eigenvalue weighted by atomic mass is 16.5. The molecule has 6 heteroatoms. The summed E-state index contributed by atoms with van der Waals surface area (Å²) in [6.07, 6.45) is 1.45. The predicted molar refractivity (Wildman–Crippen MR) is 108 cm³/mol. The van der Waals surface area contributed by atoms with Gasteiger partial charge in [-0.3, -0.25) is 9.59 Å². The molecule has 2 amide bonds. The number of rotatable bonds is 5. The van der Waals surface area contributed by atoms with Gasteiger partial charge in [-0.05, 0) is 49.1 Å². The number of carbonyl (C=O) groups is 3. The highest BCUT2D eigenvalue weighted by molar-refractivity contribution is 6.00. The van der Waals surface area contributed by atoms with E-state index < -0.39 is 12.1 Å². The second-order valence-electron chi connectivity index (χ2n) is 7.53. The molecular formula is C23H24N2O4. The first-order chi connectivity index (χ1) is 14.0. The van der Waals surface area contributed by atoms with Crippen molar-refractivity contribution in [2.24, 2.45) is 0 Å². The second kappa shape index (κ2) is 8.07. The molecule has 0 N–H and O–H groups in total. The van der Waals surface area contributed by atoms with Crippen LogP contribution in [0.3, 0.4) is 0 Å². The van der Waals surface area contributed by atoms with Gasteiger partial charge in [0.1, 0.15) is 0 Å². The molecule has 2 heterocycles. The van der Waals surface area contributed by atoms with Crippen LogP contribution < -0.4 is 4.90 Å². The SMILES string of the molecule is CC(OC(=O)c1ccc(CN2CCCC2=O)cc1)C(=O)N1CCc2ccccc21. The number of benzene rings is 2. The number of esters is 1. The van der Waals surface area contributed by atoms with Crippen LogP contribution in [0.1, 0.15) is 41.3 Å². The first-order valence-electron chi connectivity index (χ1n) is 10.00. The number of amides is 2. The second-order valence-corrected chi connectivity index (χ2v) is 7.53. The fourth-order valence-electron chi connectivity index (χ4n) is 3.90. The van der Waals surface area contributed by atoms with Crippen LogP contribution in [0.5, 0.6) is 0 Å². The highest BCUT2D eigenvalue weighted by Gasteiger charge is 2.30. The predicted octanol–water partition coefficient (Wildman–Crippen LogP) is 2.94. The van der Waals surface area contributed by atoms with Gasteiger partial charge in [0.05, 0.1) is 5.56 Å². The molecule has 0 aromatic heterocycles. The number of carbonyl (C=O) groups excluding carboxylic acids is 3. The van der Waals surface area contributed by atoms with E-state index in [1.54, 1.807) is 24.0 Å². The minimum Gasteiger partial charge on any atom is -0.449 e. The summed E-state index contributed by atoms with van der Waals surface area (Å²) in [6, 6.07) is 14.8. The molecule has 0 saturated carbocycles. The topological polar surface area (TPSA) is 66.9 Å². The molecule has 1 unspecified atom stereocenters. The van der Waals surface area contributed by atoms with Crippen LogP contribution >= 0.6 is 0 Å². The lowest BCUT2D eigenvalue weighted by molar-refractivity contribution is -0.128. The maximum atomic E-state index is 12.8. The summed E-state index contributed by atoms with van der Waals surface area (Å²) in [7, 11) is 0. The molecule has 2 aromatic carbocycles. The minimum atomic E-state index is -0.865. The number of anilines is 1. The van der Waals surface area contributed by atoms with Crippen LogP contribution in [-0.2, 0) is 27.3 Å². The van der Waals surface area contributed by atoms with Gasteiger partial charge < -0.3 is 14.5 Å². The van der Waals surface area contributed by atoms with Crippen molar-refractivity contribution in [1.29, 1.82) is 0 Å². The quantitative estimate of drug-likeness (QED) is 0.734. The number of hydrogen-bond acceptors (Lipinski definition) is 4. The van der Waals surface area contributed by atoms with Crippen LogP contribution in [0.4, 0.5) is 5.69 Å². The summed E-state index contributed by atoms with van der Waals surface area (Å²) < 4.78 is 5.42. The standard InChI is InChI=1S/C23H24N2O4/c1-16(22(27)25-14-12-18-5-2-3-6-20(18)25)29-23(28)19-10-8-17(9-11-19)15-24-13-4-7-21(24)26/h2-3,5-6,8-11,16H,4,7,12-15H2,1H3. The molecule has 29 heavy (non-hydrogen) atoms. The van der Waals surface area contributed by atoms with E-state index in [-0.39, 0.29) is 11.8 Å². The fourth-order valence-corrected chi connectivity index (χ4v) is 3.90. The Morgan fingerprint density at radius 2 is 1.79 bits per heavy atom. The Morgan fingerprint density at radius 3 is 2.52 bits per heavy atom. The summed E-state index contributed by atoms with van der Waals surface area (Å²) >= 11 is 0. The van der Waals surface area contributed by atoms with E-state index in [0.29, 0.717) is 25.1 Å². The van der Waals surface area contributed by atoms with Crippen molar-refractivity contribution in [3.63, 3.8) is 0 Å². The largest absolute Gasteiger partial charge is 0.449 e. The van der Waals surface area contributed by atoms with Crippen LogP contribution in [0.15, 0.2) is 48.5 Å². The average molecular weight is 392 g/mol. The number of ether oxygens (including phenoxy) is 1. The Labute approximate surface area is 170 Å². The zero-order valence-electron chi connectivity index (χ0n) is 16.5. The fraction of sp³-hybridized carbons (Fsp3) is 0.348. The van der Waals surface area contributed by atoms with Crippen molar-refractivity contribution in [3.05, 3.63) is 65.2 Å². The van der Waals surface area contributed by atoms with Gasteiger partial charge in [-0.1, -0.05) is 30.3 Å². The van der Waals surface area contributed by atoms with Gasteiger partial charge in [-0.2, -0.15) is 0 Å². The Balaban J connectivity index is 1.36. The summed E-state index contributed by atoms with van der Waals surface area (Å²) in [5.74, 6) is -0.570. The Kier molecular flexibility index (Phi) is 5.34. The van der Waals surface area contributed by atoms with E-state index in [4.69, 9.17) is 4.74 Å². The highest BCUT2D eigenvalue weighted by Crippen LogP contribution is 2.28. The normalized spacial score (nSPS) is 16.7. The van der Waals surface area contributed by atoms with Crippen LogP contribution in [0.2, 0.25) is 0 Å². The summed E-state index contributed by atoms with van der Waals surface area (Å²) in [4.78, 5) is 40.5. The maximum absolute atomic E-state index is 12.8. The van der Waals surface area contributed by atoms with Crippen LogP contribution in [0.25, 0.3) is 0 Å². The first kappa shape index (κ1) is 19.2. The molecule has 2 aliphatic rings. The molecule has 0 radical (unpaired) electrons. The summed E-state index contributed by atoms with van der Waals surface area (Å²) in [5.41, 5.74) is 3.38. The Bertz CT molecular complexity index is 938. The molecular weight excluding hydrogens is 368 g/mol. The number of hydrogen-bond donors (Lipinski definition) is 0. The lowest BCUT2D eigenvalue weighted by Crippen LogP contribution is -2.39. The van der Waals surface area contributed by atoms with Gasteiger partial charge in [0.15, 0.2) is 6.10 Å². The van der Waals surface area contributed by atoms with Crippen molar-refractivity contribution >= 4 is 23.5 Å². The molecule has 4 rings (SSSR count). The molecule has 150 valence electrons.